The van der Waals surface area contributed by atoms with Gasteiger partial charge in [0.25, 0.3) is 11.7 Å². The molecule has 0 aliphatic carbocycles. The fourth-order valence-corrected chi connectivity index (χ4v) is 3.67. The van der Waals surface area contributed by atoms with Crippen molar-refractivity contribution in [2.45, 2.75) is 26.0 Å². The number of Topliss-reactive ketones (excluding diaryl/α,β-unsaturated/α-hetero) is 1. The van der Waals surface area contributed by atoms with Gasteiger partial charge in [-0.25, -0.2) is 4.39 Å². The second-order valence-electron chi connectivity index (χ2n) is 7.28. The van der Waals surface area contributed by atoms with Gasteiger partial charge in [-0.2, -0.15) is 0 Å². The molecule has 0 saturated carbocycles. The minimum absolute atomic E-state index is 0.0580. The van der Waals surface area contributed by atoms with Gasteiger partial charge < -0.3 is 19.5 Å². The van der Waals surface area contributed by atoms with E-state index in [1.807, 2.05) is 13.8 Å². The molecule has 0 bridgehead atoms. The summed E-state index contributed by atoms with van der Waals surface area (Å²) in [6, 6.07) is 9.19. The monoisotopic (exact) mass is 447 g/mol. The van der Waals surface area contributed by atoms with E-state index in [0.717, 1.165) is 0 Å². The highest BCUT2D eigenvalue weighted by molar-refractivity contribution is 6.46. The molecule has 2 aromatic carbocycles. The second-order valence-corrected chi connectivity index (χ2v) is 7.69. The summed E-state index contributed by atoms with van der Waals surface area (Å²) in [4.78, 5) is 26.9. The standard InChI is InChI=1S/C23H23ClFNO5/c1-13(2)31-11-10-26-20(15-6-4-5-7-17(15)25)19(22(28)23(26)29)21(27)14-8-9-16(24)18(12-14)30-3/h4-9,12-13,20,27H,10-11H2,1-3H3/b21-19+. The van der Waals surface area contributed by atoms with Crippen molar-refractivity contribution in [1.82, 2.24) is 4.90 Å². The van der Waals surface area contributed by atoms with Crippen LogP contribution in [0, 0.1) is 5.82 Å². The Morgan fingerprint density at radius 1 is 1.23 bits per heavy atom. The summed E-state index contributed by atoms with van der Waals surface area (Å²) in [6.45, 7) is 3.90. The van der Waals surface area contributed by atoms with Gasteiger partial charge in [-0.3, -0.25) is 9.59 Å². The van der Waals surface area contributed by atoms with E-state index in [2.05, 4.69) is 0 Å². The van der Waals surface area contributed by atoms with E-state index in [-0.39, 0.29) is 41.7 Å². The summed E-state index contributed by atoms with van der Waals surface area (Å²) in [5, 5.41) is 11.3. The molecule has 0 spiro atoms. The first-order valence-corrected chi connectivity index (χ1v) is 10.1. The van der Waals surface area contributed by atoms with E-state index in [4.69, 9.17) is 21.1 Å². The van der Waals surface area contributed by atoms with E-state index in [1.54, 1.807) is 6.07 Å². The number of amides is 1. The summed E-state index contributed by atoms with van der Waals surface area (Å²) < 4.78 is 25.4. The number of aliphatic hydroxyl groups is 1. The minimum Gasteiger partial charge on any atom is -0.507 e. The molecule has 3 rings (SSSR count). The molecule has 1 aliphatic rings. The van der Waals surface area contributed by atoms with Crippen LogP contribution >= 0.6 is 11.6 Å². The average Bonchev–Trinajstić information content (AvgIpc) is 2.98. The van der Waals surface area contributed by atoms with Crippen molar-refractivity contribution >= 4 is 29.1 Å². The van der Waals surface area contributed by atoms with Crippen LogP contribution < -0.4 is 4.74 Å². The number of carbonyl (C=O) groups excluding carboxylic acids is 2. The van der Waals surface area contributed by atoms with E-state index in [9.17, 15) is 19.1 Å². The van der Waals surface area contributed by atoms with E-state index < -0.39 is 29.3 Å². The summed E-state index contributed by atoms with van der Waals surface area (Å²) in [7, 11) is 1.41. The highest BCUT2D eigenvalue weighted by Crippen LogP contribution is 2.41. The number of ether oxygens (including phenoxy) is 2. The lowest BCUT2D eigenvalue weighted by atomic mass is 9.95. The fraction of sp³-hybridized carbons (Fsp3) is 0.304. The molecule has 1 N–H and O–H groups in total. The Morgan fingerprint density at radius 2 is 1.94 bits per heavy atom. The normalized spacial score (nSPS) is 18.1. The first kappa shape index (κ1) is 22.8. The molecule has 1 aliphatic heterocycles. The molecular weight excluding hydrogens is 425 g/mol. The molecule has 0 radical (unpaired) electrons. The topological polar surface area (TPSA) is 76.1 Å². The van der Waals surface area contributed by atoms with Crippen LogP contribution in [0.15, 0.2) is 48.0 Å². The number of halogens is 2. The third kappa shape index (κ3) is 4.57. The lowest BCUT2D eigenvalue weighted by Crippen LogP contribution is -2.33. The molecule has 1 unspecified atom stereocenters. The number of methoxy groups -OCH3 is 1. The zero-order valence-corrected chi connectivity index (χ0v) is 18.1. The maximum atomic E-state index is 14.7. The summed E-state index contributed by atoms with van der Waals surface area (Å²) >= 11 is 6.05. The summed E-state index contributed by atoms with van der Waals surface area (Å²) in [6.07, 6.45) is -0.0785. The van der Waals surface area contributed by atoms with Gasteiger partial charge in [0.2, 0.25) is 0 Å². The van der Waals surface area contributed by atoms with E-state index in [0.29, 0.717) is 5.02 Å². The predicted octanol–water partition coefficient (Wildman–Crippen LogP) is 4.33. The van der Waals surface area contributed by atoms with Crippen LogP contribution in [0.3, 0.4) is 0 Å². The van der Waals surface area contributed by atoms with Crippen LogP contribution in [0.4, 0.5) is 4.39 Å². The average molecular weight is 448 g/mol. The molecule has 164 valence electrons. The van der Waals surface area contributed by atoms with Gasteiger partial charge in [0, 0.05) is 17.7 Å². The molecule has 31 heavy (non-hydrogen) atoms. The SMILES string of the molecule is COc1cc(/C(O)=C2\C(=O)C(=O)N(CCOC(C)C)C2c2ccccc2F)ccc1Cl. The Kier molecular flexibility index (Phi) is 6.97. The van der Waals surface area contributed by atoms with E-state index in [1.165, 1.54) is 48.4 Å². The molecule has 1 amide bonds. The predicted molar refractivity (Wildman–Crippen MR) is 115 cm³/mol. The Bertz CT molecular complexity index is 1040. The summed E-state index contributed by atoms with van der Waals surface area (Å²) in [5.41, 5.74) is 0.122. The van der Waals surface area contributed by atoms with Crippen LogP contribution in [0.25, 0.3) is 5.76 Å². The van der Waals surface area contributed by atoms with Gasteiger partial charge in [0.15, 0.2) is 0 Å². The van der Waals surface area contributed by atoms with Gasteiger partial charge in [-0.15, -0.1) is 0 Å². The molecule has 1 fully saturated rings. The van der Waals surface area contributed by atoms with Crippen molar-refractivity contribution in [2.75, 3.05) is 20.3 Å². The van der Waals surface area contributed by atoms with Gasteiger partial charge >= 0.3 is 0 Å². The third-order valence-electron chi connectivity index (χ3n) is 4.95. The fourth-order valence-electron chi connectivity index (χ4n) is 3.48. The molecule has 1 heterocycles. The van der Waals surface area contributed by atoms with Crippen molar-refractivity contribution < 1.29 is 28.6 Å². The maximum absolute atomic E-state index is 14.7. The molecule has 0 aromatic heterocycles. The number of rotatable bonds is 7. The Labute approximate surface area is 184 Å². The summed E-state index contributed by atoms with van der Waals surface area (Å²) in [5.74, 6) is -2.47. The minimum atomic E-state index is -1.10. The highest BCUT2D eigenvalue weighted by atomic mass is 35.5. The number of hydrogen-bond acceptors (Lipinski definition) is 5. The number of hydrogen-bond donors (Lipinski definition) is 1. The third-order valence-corrected chi connectivity index (χ3v) is 5.26. The highest BCUT2D eigenvalue weighted by Gasteiger charge is 2.46. The van der Waals surface area contributed by atoms with Crippen LogP contribution in [0.1, 0.15) is 31.0 Å². The maximum Gasteiger partial charge on any atom is 0.295 e. The van der Waals surface area contributed by atoms with Gasteiger partial charge in [-0.1, -0.05) is 29.8 Å². The molecule has 1 saturated heterocycles. The first-order chi connectivity index (χ1) is 14.8. The van der Waals surface area contributed by atoms with Gasteiger partial charge in [0.05, 0.1) is 36.5 Å². The van der Waals surface area contributed by atoms with Gasteiger partial charge in [-0.05, 0) is 38.1 Å². The Morgan fingerprint density at radius 3 is 2.58 bits per heavy atom. The van der Waals surface area contributed by atoms with Crippen molar-refractivity contribution in [1.29, 1.82) is 0 Å². The lowest BCUT2D eigenvalue weighted by Gasteiger charge is -2.26. The second kappa shape index (κ2) is 9.49. The zero-order chi connectivity index (χ0) is 22.7. The quantitative estimate of drug-likeness (QED) is 0.388. The zero-order valence-electron chi connectivity index (χ0n) is 17.4. The Hall–Kier alpha value is -2.90. The van der Waals surface area contributed by atoms with Crippen molar-refractivity contribution in [3.05, 3.63) is 70.0 Å². The number of likely N-dealkylation sites (tertiary alicyclic amines) is 1. The van der Waals surface area contributed by atoms with Crippen LogP contribution in [0.5, 0.6) is 5.75 Å². The van der Waals surface area contributed by atoms with Crippen molar-refractivity contribution in [3.63, 3.8) is 0 Å². The molecular formula is C23H23ClFNO5. The van der Waals surface area contributed by atoms with E-state index >= 15 is 0 Å². The number of aliphatic hydroxyl groups excluding tert-OH is 1. The smallest absolute Gasteiger partial charge is 0.295 e. The number of benzene rings is 2. The largest absolute Gasteiger partial charge is 0.507 e. The molecule has 8 heteroatoms. The van der Waals surface area contributed by atoms with Crippen molar-refractivity contribution in [3.8, 4) is 5.75 Å². The number of nitrogens with zero attached hydrogens (tertiary/aromatic N) is 1. The number of ketones is 1. The Balaban J connectivity index is 2.14. The lowest BCUT2D eigenvalue weighted by molar-refractivity contribution is -0.140. The van der Waals surface area contributed by atoms with Crippen LogP contribution in [-0.2, 0) is 14.3 Å². The molecule has 6 nitrogen and oxygen atoms in total. The van der Waals surface area contributed by atoms with Crippen LogP contribution in [0.2, 0.25) is 5.02 Å². The van der Waals surface area contributed by atoms with Crippen molar-refractivity contribution in [2.24, 2.45) is 0 Å². The van der Waals surface area contributed by atoms with Crippen LogP contribution in [-0.4, -0.2) is 48.1 Å². The van der Waals surface area contributed by atoms with Gasteiger partial charge in [0.1, 0.15) is 17.3 Å². The number of carbonyl (C=O) groups is 2. The first-order valence-electron chi connectivity index (χ1n) is 9.74. The molecule has 2 aromatic rings. The molecule has 1 atom stereocenters.